The van der Waals surface area contributed by atoms with Crippen molar-refractivity contribution in [2.24, 2.45) is 0 Å². The van der Waals surface area contributed by atoms with Crippen molar-refractivity contribution in [3.8, 4) is 5.75 Å². The van der Waals surface area contributed by atoms with Crippen molar-refractivity contribution < 1.29 is 14.3 Å². The molecular formula is C18H16N2O4S. The van der Waals surface area contributed by atoms with Crippen LogP contribution in [-0.4, -0.2) is 22.0 Å². The van der Waals surface area contributed by atoms with Crippen LogP contribution in [0, 0.1) is 6.92 Å². The number of aryl methyl sites for hydroxylation is 1. The van der Waals surface area contributed by atoms with Crippen molar-refractivity contribution in [3.05, 3.63) is 75.7 Å². The fraction of sp³-hybridized carbons (Fsp3) is 0.167. The van der Waals surface area contributed by atoms with Gasteiger partial charge in [-0.15, -0.1) is 11.3 Å². The maximum Gasteiger partial charge on any atom is 0.338 e. The second-order valence-electron chi connectivity index (χ2n) is 5.28. The fourth-order valence-electron chi connectivity index (χ4n) is 2.24. The van der Waals surface area contributed by atoms with Crippen LogP contribution < -0.4 is 10.3 Å². The highest BCUT2D eigenvalue weighted by Crippen LogP contribution is 2.14. The maximum atomic E-state index is 12.1. The fourth-order valence-corrected chi connectivity index (χ4v) is 3.13. The number of fused-ring (bicyclic) bond motifs is 1. The summed E-state index contributed by atoms with van der Waals surface area (Å²) in [5.41, 5.74) is 1.47. The van der Waals surface area contributed by atoms with E-state index in [2.05, 4.69) is 11.6 Å². The van der Waals surface area contributed by atoms with E-state index in [1.54, 1.807) is 30.3 Å². The number of ether oxygens (including phenoxy) is 2. The number of hydrogen-bond acceptors (Lipinski definition) is 6. The normalized spacial score (nSPS) is 10.6. The zero-order chi connectivity index (χ0) is 17.8. The number of aromatic nitrogens is 2. The first kappa shape index (κ1) is 16.9. The highest BCUT2D eigenvalue weighted by Gasteiger charge is 2.11. The maximum absolute atomic E-state index is 12.1. The van der Waals surface area contributed by atoms with Gasteiger partial charge in [0.1, 0.15) is 19.0 Å². The summed E-state index contributed by atoms with van der Waals surface area (Å²) in [5, 5.41) is 1.86. The molecule has 2 heterocycles. The van der Waals surface area contributed by atoms with Gasteiger partial charge in [-0.2, -0.15) is 0 Å². The van der Waals surface area contributed by atoms with Crippen LogP contribution in [0.1, 0.15) is 21.7 Å². The SMILES string of the molecule is C=CCOc1ccc(C(=O)OCc2cc(=O)n3c(C)csc3n2)cc1. The molecule has 0 aliphatic carbocycles. The Hall–Kier alpha value is -2.93. The minimum absolute atomic E-state index is 0.0593. The molecule has 0 spiro atoms. The van der Waals surface area contributed by atoms with E-state index in [1.807, 2.05) is 12.3 Å². The summed E-state index contributed by atoms with van der Waals surface area (Å²) < 4.78 is 12.1. The predicted octanol–water partition coefficient (Wildman–Crippen LogP) is 2.99. The zero-order valence-electron chi connectivity index (χ0n) is 13.6. The Bertz CT molecular complexity index is 973. The van der Waals surface area contributed by atoms with Gasteiger partial charge in [-0.1, -0.05) is 12.7 Å². The van der Waals surface area contributed by atoms with Gasteiger partial charge in [-0.3, -0.25) is 9.20 Å². The topological polar surface area (TPSA) is 69.9 Å². The lowest BCUT2D eigenvalue weighted by molar-refractivity contribution is 0.0467. The van der Waals surface area contributed by atoms with Crippen molar-refractivity contribution in [1.82, 2.24) is 9.38 Å². The third kappa shape index (κ3) is 3.77. The Kier molecular flexibility index (Phi) is 4.95. The van der Waals surface area contributed by atoms with Crippen molar-refractivity contribution in [2.45, 2.75) is 13.5 Å². The Morgan fingerprint density at radius 3 is 2.84 bits per heavy atom. The molecule has 3 rings (SSSR count). The molecule has 2 aromatic heterocycles. The number of carbonyl (C=O) groups excluding carboxylic acids is 1. The van der Waals surface area contributed by atoms with Crippen LogP contribution in [0.3, 0.4) is 0 Å². The Labute approximate surface area is 148 Å². The lowest BCUT2D eigenvalue weighted by Gasteiger charge is -2.06. The molecule has 0 aliphatic rings. The molecule has 1 aromatic carbocycles. The summed E-state index contributed by atoms with van der Waals surface area (Å²) in [6, 6.07) is 7.99. The number of hydrogen-bond donors (Lipinski definition) is 0. The Balaban J connectivity index is 1.67. The van der Waals surface area contributed by atoms with Crippen molar-refractivity contribution in [3.63, 3.8) is 0 Å². The largest absolute Gasteiger partial charge is 0.490 e. The smallest absolute Gasteiger partial charge is 0.338 e. The van der Waals surface area contributed by atoms with Crippen LogP contribution in [-0.2, 0) is 11.3 Å². The summed E-state index contributed by atoms with van der Waals surface area (Å²) in [6.45, 7) is 5.75. The van der Waals surface area contributed by atoms with Gasteiger partial charge in [0.15, 0.2) is 4.96 Å². The van der Waals surface area contributed by atoms with E-state index in [9.17, 15) is 9.59 Å². The van der Waals surface area contributed by atoms with Gasteiger partial charge in [0.05, 0.1) is 11.3 Å². The van der Waals surface area contributed by atoms with Gasteiger partial charge in [0.25, 0.3) is 5.56 Å². The molecule has 0 saturated heterocycles. The van der Waals surface area contributed by atoms with Gasteiger partial charge in [0, 0.05) is 17.1 Å². The number of esters is 1. The van der Waals surface area contributed by atoms with E-state index in [0.29, 0.717) is 28.6 Å². The van der Waals surface area contributed by atoms with E-state index in [0.717, 1.165) is 5.69 Å². The molecule has 3 aromatic rings. The average Bonchev–Trinajstić information content (AvgIpc) is 2.99. The van der Waals surface area contributed by atoms with Gasteiger partial charge < -0.3 is 9.47 Å². The molecule has 0 unspecified atom stereocenters. The summed E-state index contributed by atoms with van der Waals surface area (Å²) in [7, 11) is 0. The van der Waals surface area contributed by atoms with Crippen molar-refractivity contribution in [1.29, 1.82) is 0 Å². The molecule has 25 heavy (non-hydrogen) atoms. The summed E-state index contributed by atoms with van der Waals surface area (Å²) >= 11 is 1.37. The summed E-state index contributed by atoms with van der Waals surface area (Å²) in [5.74, 6) is 0.157. The third-order valence-electron chi connectivity index (χ3n) is 3.44. The van der Waals surface area contributed by atoms with Gasteiger partial charge in [-0.25, -0.2) is 9.78 Å². The van der Waals surface area contributed by atoms with E-state index in [-0.39, 0.29) is 12.2 Å². The van der Waals surface area contributed by atoms with Crippen LogP contribution in [0.15, 0.2) is 53.2 Å². The summed E-state index contributed by atoms with van der Waals surface area (Å²) in [4.78, 5) is 29.1. The summed E-state index contributed by atoms with van der Waals surface area (Å²) in [6.07, 6.45) is 1.64. The zero-order valence-corrected chi connectivity index (χ0v) is 14.4. The molecule has 6 nitrogen and oxygen atoms in total. The van der Waals surface area contributed by atoms with Crippen LogP contribution in [0.25, 0.3) is 4.96 Å². The van der Waals surface area contributed by atoms with Crippen LogP contribution in [0.5, 0.6) is 5.75 Å². The molecule has 0 N–H and O–H groups in total. The molecular weight excluding hydrogens is 340 g/mol. The predicted molar refractivity (Wildman–Crippen MR) is 95.3 cm³/mol. The molecule has 7 heteroatoms. The van der Waals surface area contributed by atoms with Crippen LogP contribution in [0.2, 0.25) is 0 Å². The molecule has 0 aliphatic heterocycles. The number of thiazole rings is 1. The van der Waals surface area contributed by atoms with Crippen molar-refractivity contribution in [2.75, 3.05) is 6.61 Å². The standard InChI is InChI=1S/C18H16N2O4S/c1-3-8-23-15-6-4-13(5-7-15)17(22)24-10-14-9-16(21)20-12(2)11-25-18(20)19-14/h3-7,9,11H,1,8,10H2,2H3. The Morgan fingerprint density at radius 2 is 2.12 bits per heavy atom. The quantitative estimate of drug-likeness (QED) is 0.502. The lowest BCUT2D eigenvalue weighted by atomic mass is 10.2. The monoisotopic (exact) mass is 356 g/mol. The van der Waals surface area contributed by atoms with Gasteiger partial charge >= 0.3 is 5.97 Å². The number of benzene rings is 1. The van der Waals surface area contributed by atoms with E-state index in [1.165, 1.54) is 21.8 Å². The van der Waals surface area contributed by atoms with E-state index in [4.69, 9.17) is 9.47 Å². The van der Waals surface area contributed by atoms with Crippen molar-refractivity contribution >= 4 is 22.3 Å². The molecule has 0 amide bonds. The number of nitrogens with zero attached hydrogens (tertiary/aromatic N) is 2. The lowest BCUT2D eigenvalue weighted by Crippen LogP contribution is -2.16. The molecule has 0 saturated carbocycles. The highest BCUT2D eigenvalue weighted by molar-refractivity contribution is 7.15. The first-order chi connectivity index (χ1) is 12.1. The molecule has 0 fully saturated rings. The van der Waals surface area contributed by atoms with E-state index < -0.39 is 5.97 Å². The second-order valence-corrected chi connectivity index (χ2v) is 6.12. The number of rotatable bonds is 6. The number of carbonyl (C=O) groups is 1. The second kappa shape index (κ2) is 7.31. The minimum Gasteiger partial charge on any atom is -0.490 e. The molecule has 128 valence electrons. The highest BCUT2D eigenvalue weighted by atomic mass is 32.1. The molecule has 0 atom stereocenters. The van der Waals surface area contributed by atoms with Gasteiger partial charge in [-0.05, 0) is 31.2 Å². The Morgan fingerprint density at radius 1 is 1.36 bits per heavy atom. The minimum atomic E-state index is -0.486. The first-order valence-corrected chi connectivity index (χ1v) is 8.44. The van der Waals surface area contributed by atoms with Crippen LogP contribution >= 0.6 is 11.3 Å². The van der Waals surface area contributed by atoms with Crippen LogP contribution in [0.4, 0.5) is 0 Å². The van der Waals surface area contributed by atoms with Gasteiger partial charge in [0.2, 0.25) is 0 Å². The van der Waals surface area contributed by atoms with E-state index >= 15 is 0 Å². The molecule has 0 bridgehead atoms. The average molecular weight is 356 g/mol. The molecule has 0 radical (unpaired) electrons. The first-order valence-electron chi connectivity index (χ1n) is 7.56. The third-order valence-corrected chi connectivity index (χ3v) is 4.38.